The monoisotopic (exact) mass is 636 g/mol. The van der Waals surface area contributed by atoms with Gasteiger partial charge in [-0.15, -0.1) is 0 Å². The normalized spacial score (nSPS) is 11.1. The molecule has 7 aromatic carbocycles. The second kappa shape index (κ2) is 11.4. The zero-order valence-corrected chi connectivity index (χ0v) is 26.6. The maximum Gasteiger partial charge on any atom is 0.135 e. The molecule has 9 aromatic rings. The number of nitrogens with zero attached hydrogens (tertiary/aromatic N) is 4. The second-order valence-corrected chi connectivity index (χ2v) is 12.4. The number of hydrogen-bond acceptors (Lipinski definition) is 4. The zero-order valence-electron chi connectivity index (χ0n) is 26.6. The number of benzene rings is 7. The van der Waals surface area contributed by atoms with Crippen LogP contribution in [0, 0.1) is 34.0 Å². The second-order valence-electron chi connectivity index (χ2n) is 12.4. The topological polar surface area (TPSA) is 89.4 Å². The van der Waals surface area contributed by atoms with Gasteiger partial charge >= 0.3 is 0 Å². The average molecular weight is 637 g/mol. The van der Waals surface area contributed by atoms with Gasteiger partial charge in [-0.25, -0.2) is 0 Å². The first-order valence-corrected chi connectivity index (χ1v) is 16.2. The van der Waals surface area contributed by atoms with Crippen molar-refractivity contribution >= 4 is 43.7 Å². The van der Waals surface area contributed by atoms with Crippen molar-refractivity contribution in [2.75, 3.05) is 0 Å². The van der Waals surface area contributed by atoms with E-state index in [9.17, 15) is 15.8 Å². The van der Waals surface area contributed by atoms with Crippen LogP contribution in [0.2, 0.25) is 0 Å². The van der Waals surface area contributed by atoms with Gasteiger partial charge in [-0.3, -0.25) is 0 Å². The largest absolute Gasteiger partial charge is 0.456 e. The van der Waals surface area contributed by atoms with Crippen LogP contribution in [0.3, 0.4) is 0 Å². The summed E-state index contributed by atoms with van der Waals surface area (Å²) in [5, 5.41) is 32.8. The molecule has 0 bridgehead atoms. The summed E-state index contributed by atoms with van der Waals surface area (Å²) in [7, 11) is 0. The summed E-state index contributed by atoms with van der Waals surface area (Å²) in [4.78, 5) is 0. The zero-order chi connectivity index (χ0) is 33.8. The van der Waals surface area contributed by atoms with E-state index in [1.165, 1.54) is 0 Å². The summed E-state index contributed by atoms with van der Waals surface area (Å²) in [5.41, 5.74) is 12.5. The number of furan rings is 1. The Morgan fingerprint density at radius 1 is 0.380 bits per heavy atom. The number of aromatic nitrogens is 1. The van der Waals surface area contributed by atoms with Crippen molar-refractivity contribution in [3.63, 3.8) is 0 Å². The van der Waals surface area contributed by atoms with E-state index in [1.807, 2.05) is 84.9 Å². The van der Waals surface area contributed by atoms with Crippen molar-refractivity contribution in [3.8, 4) is 57.3 Å². The van der Waals surface area contributed by atoms with E-state index in [4.69, 9.17) is 4.42 Å². The molecule has 0 unspecified atom stereocenters. The minimum atomic E-state index is 0.564. The van der Waals surface area contributed by atoms with Crippen LogP contribution in [0.5, 0.6) is 0 Å². The molecule has 0 spiro atoms. The van der Waals surface area contributed by atoms with Crippen molar-refractivity contribution in [2.24, 2.45) is 0 Å². The van der Waals surface area contributed by atoms with Crippen molar-refractivity contribution in [1.82, 2.24) is 4.57 Å². The summed E-state index contributed by atoms with van der Waals surface area (Å²) in [6.45, 7) is 0. The summed E-state index contributed by atoms with van der Waals surface area (Å²) >= 11 is 0. The van der Waals surface area contributed by atoms with Crippen molar-refractivity contribution in [1.29, 1.82) is 15.8 Å². The Hall–Kier alpha value is -7.39. The molecule has 0 aliphatic heterocycles. The first kappa shape index (κ1) is 28.8. The molecule has 0 fully saturated rings. The number of rotatable bonds is 4. The molecular formula is C45H24N4O. The van der Waals surface area contributed by atoms with Gasteiger partial charge in [-0.05, 0) is 124 Å². The minimum Gasteiger partial charge on any atom is -0.456 e. The summed E-state index contributed by atoms with van der Waals surface area (Å²) in [6, 6.07) is 55.3. The standard InChI is InChI=1S/C45H24N4O/c46-25-28-8-12-31(13-9-28)32-4-3-5-33(20-32)35-21-36(34-14-17-45-41(24-34)38-6-1-2-7-44(38)50-45)23-37(22-35)49-42-15-10-29(26-47)18-39(42)40-19-30(27-48)11-16-43(40)49/h1-24H. The SMILES string of the molecule is N#Cc1ccc(-c2cccc(-c3cc(-c4ccc5oc6ccccc6c5c4)cc(-n4c5ccc(C#N)cc5c5cc(C#N)ccc54)c3)c2)cc1. The molecule has 9 rings (SSSR count). The van der Waals surface area contributed by atoms with Gasteiger partial charge < -0.3 is 8.98 Å². The fourth-order valence-electron chi connectivity index (χ4n) is 7.04. The van der Waals surface area contributed by atoms with Gasteiger partial charge in [-0.2, -0.15) is 15.8 Å². The number of para-hydroxylation sites is 1. The third-order valence-electron chi connectivity index (χ3n) is 9.45. The Morgan fingerprint density at radius 2 is 0.920 bits per heavy atom. The molecule has 0 aliphatic carbocycles. The lowest BCUT2D eigenvalue weighted by atomic mass is 9.94. The first-order valence-electron chi connectivity index (χ1n) is 16.2. The molecule has 5 nitrogen and oxygen atoms in total. The van der Waals surface area contributed by atoms with Gasteiger partial charge in [0.1, 0.15) is 11.2 Å². The maximum atomic E-state index is 9.75. The lowest BCUT2D eigenvalue weighted by molar-refractivity contribution is 0.669. The van der Waals surface area contributed by atoms with Gasteiger partial charge in [0.15, 0.2) is 0 Å². The fourth-order valence-corrected chi connectivity index (χ4v) is 7.04. The molecule has 0 aliphatic rings. The quantitative estimate of drug-likeness (QED) is 0.192. The molecule has 0 saturated carbocycles. The smallest absolute Gasteiger partial charge is 0.135 e. The average Bonchev–Trinajstić information content (AvgIpc) is 3.72. The predicted molar refractivity (Wildman–Crippen MR) is 199 cm³/mol. The highest BCUT2D eigenvalue weighted by Crippen LogP contribution is 2.39. The van der Waals surface area contributed by atoms with Crippen LogP contribution in [0.4, 0.5) is 0 Å². The molecule has 0 amide bonds. The minimum absolute atomic E-state index is 0.564. The summed E-state index contributed by atoms with van der Waals surface area (Å²) in [6.07, 6.45) is 0. The van der Waals surface area contributed by atoms with Crippen LogP contribution < -0.4 is 0 Å². The van der Waals surface area contributed by atoms with E-state index in [1.54, 1.807) is 0 Å². The van der Waals surface area contributed by atoms with Crippen molar-refractivity contribution < 1.29 is 4.42 Å². The molecule has 5 heteroatoms. The highest BCUT2D eigenvalue weighted by atomic mass is 16.3. The van der Waals surface area contributed by atoms with Gasteiger partial charge in [0, 0.05) is 27.2 Å². The molecule has 0 N–H and O–H groups in total. The van der Waals surface area contributed by atoms with Crippen LogP contribution in [0.25, 0.3) is 82.8 Å². The number of fused-ring (bicyclic) bond motifs is 6. The van der Waals surface area contributed by atoms with Gasteiger partial charge in [0.2, 0.25) is 0 Å². The first-order chi connectivity index (χ1) is 24.6. The molecule has 230 valence electrons. The van der Waals surface area contributed by atoms with Crippen LogP contribution >= 0.6 is 0 Å². The summed E-state index contributed by atoms with van der Waals surface area (Å²) in [5.74, 6) is 0. The van der Waals surface area contributed by atoms with E-state index in [0.717, 1.165) is 82.8 Å². The van der Waals surface area contributed by atoms with Gasteiger partial charge in [-0.1, -0.05) is 54.6 Å². The van der Waals surface area contributed by atoms with E-state index in [2.05, 4.69) is 83.4 Å². The van der Waals surface area contributed by atoms with E-state index in [0.29, 0.717) is 16.7 Å². The molecular weight excluding hydrogens is 613 g/mol. The third kappa shape index (κ3) is 4.69. The Balaban J connectivity index is 1.31. The Labute approximate surface area is 287 Å². The number of nitriles is 3. The molecule has 2 aromatic heterocycles. The van der Waals surface area contributed by atoms with Crippen LogP contribution in [0.15, 0.2) is 150 Å². The molecule has 0 atom stereocenters. The lowest BCUT2D eigenvalue weighted by Crippen LogP contribution is -1.96. The fraction of sp³-hybridized carbons (Fsp3) is 0. The van der Waals surface area contributed by atoms with Gasteiger partial charge in [0.05, 0.1) is 45.9 Å². The Morgan fingerprint density at radius 3 is 1.58 bits per heavy atom. The molecule has 0 saturated heterocycles. The maximum absolute atomic E-state index is 9.75. The Bertz CT molecular complexity index is 2890. The lowest BCUT2D eigenvalue weighted by Gasteiger charge is -2.15. The summed E-state index contributed by atoms with van der Waals surface area (Å²) < 4.78 is 8.37. The predicted octanol–water partition coefficient (Wildman–Crippen LogP) is 11.3. The van der Waals surface area contributed by atoms with Gasteiger partial charge in [0.25, 0.3) is 0 Å². The van der Waals surface area contributed by atoms with E-state index >= 15 is 0 Å². The van der Waals surface area contributed by atoms with Crippen molar-refractivity contribution in [3.05, 3.63) is 162 Å². The highest BCUT2D eigenvalue weighted by Gasteiger charge is 2.17. The van der Waals surface area contributed by atoms with E-state index < -0.39 is 0 Å². The third-order valence-corrected chi connectivity index (χ3v) is 9.45. The number of hydrogen-bond donors (Lipinski definition) is 0. The van der Waals surface area contributed by atoms with Crippen molar-refractivity contribution in [2.45, 2.75) is 0 Å². The molecule has 50 heavy (non-hydrogen) atoms. The van der Waals surface area contributed by atoms with E-state index in [-0.39, 0.29) is 0 Å². The van der Waals surface area contributed by atoms with Crippen LogP contribution in [-0.4, -0.2) is 4.57 Å². The van der Waals surface area contributed by atoms with Crippen LogP contribution in [-0.2, 0) is 0 Å². The Kier molecular flexibility index (Phi) is 6.56. The molecule has 2 heterocycles. The molecule has 0 radical (unpaired) electrons. The van der Waals surface area contributed by atoms with Crippen LogP contribution in [0.1, 0.15) is 16.7 Å². The highest BCUT2D eigenvalue weighted by molar-refractivity contribution is 6.10.